The first-order chi connectivity index (χ1) is 15.3. The van der Waals surface area contributed by atoms with Crippen molar-refractivity contribution < 1.29 is 18.0 Å². The summed E-state index contributed by atoms with van der Waals surface area (Å²) in [5, 5.41) is 5.77. The minimum absolute atomic E-state index is 0.0337. The summed E-state index contributed by atoms with van der Waals surface area (Å²) < 4.78 is 26.8. The Hall–Kier alpha value is -3.07. The number of carbonyl (C=O) groups excluding carboxylic acids is 2. The molecule has 0 spiro atoms. The van der Waals surface area contributed by atoms with Crippen molar-refractivity contribution in [2.75, 3.05) is 34.2 Å². The van der Waals surface area contributed by atoms with E-state index in [1.165, 1.54) is 0 Å². The van der Waals surface area contributed by atoms with Gasteiger partial charge in [0, 0.05) is 24.5 Å². The fourth-order valence-electron chi connectivity index (χ4n) is 3.70. The number of rotatable bonds is 7. The summed E-state index contributed by atoms with van der Waals surface area (Å²) in [6, 6.07) is 14.1. The van der Waals surface area contributed by atoms with Crippen molar-refractivity contribution in [1.29, 1.82) is 0 Å². The Bertz CT molecular complexity index is 1060. The summed E-state index contributed by atoms with van der Waals surface area (Å²) in [6.07, 6.45) is 1.93. The van der Waals surface area contributed by atoms with Crippen molar-refractivity contribution in [1.82, 2.24) is 4.90 Å². The zero-order chi connectivity index (χ0) is 23.1. The van der Waals surface area contributed by atoms with Crippen molar-refractivity contribution in [2.45, 2.75) is 33.1 Å². The van der Waals surface area contributed by atoms with Crippen molar-refractivity contribution in [3.63, 3.8) is 0 Å². The lowest BCUT2D eigenvalue weighted by Gasteiger charge is -2.32. The van der Waals surface area contributed by atoms with Crippen LogP contribution in [0.2, 0.25) is 0 Å². The highest BCUT2D eigenvalue weighted by Gasteiger charge is 2.29. The molecule has 3 amide bonds. The molecule has 0 bridgehead atoms. The molecule has 172 valence electrons. The van der Waals surface area contributed by atoms with Crippen LogP contribution in [0.15, 0.2) is 48.5 Å². The number of amides is 3. The maximum atomic E-state index is 12.9. The number of hydrogen-bond donors (Lipinski definition) is 3. The predicted octanol–water partition coefficient (Wildman–Crippen LogP) is 4.03. The van der Waals surface area contributed by atoms with Gasteiger partial charge < -0.3 is 15.5 Å². The minimum Gasteiger partial charge on any atom is -0.325 e. The fourth-order valence-corrected chi connectivity index (χ4v) is 4.90. The van der Waals surface area contributed by atoms with E-state index in [0.717, 1.165) is 6.42 Å². The van der Waals surface area contributed by atoms with Crippen molar-refractivity contribution in [3.05, 3.63) is 54.1 Å². The average molecular weight is 459 g/mol. The zero-order valence-corrected chi connectivity index (χ0v) is 19.2. The Morgan fingerprint density at radius 1 is 1.03 bits per heavy atom. The molecule has 2 aromatic carbocycles. The van der Waals surface area contributed by atoms with Gasteiger partial charge in [-0.25, -0.2) is 13.2 Å². The lowest BCUT2D eigenvalue weighted by Crippen LogP contribution is -2.45. The Morgan fingerprint density at radius 2 is 1.75 bits per heavy atom. The molecule has 9 heteroatoms. The van der Waals surface area contributed by atoms with Crippen LogP contribution in [0.1, 0.15) is 31.7 Å². The summed E-state index contributed by atoms with van der Waals surface area (Å²) in [4.78, 5) is 27.2. The standard InChI is InChI=1S/C23H30N4O4S/c1-3-15-32(30,31)26-21-13-7-12-20(17(21)2)25-22(28)18-9-8-14-27(16-18)23(29)24-19-10-5-4-6-11-19/h4-7,10-13,18,26H,3,8-9,14-16H2,1-2H3,(H,24,29)(H,25,28). The number of carbonyl (C=O) groups is 2. The number of para-hydroxylation sites is 1. The predicted molar refractivity (Wildman–Crippen MR) is 127 cm³/mol. The van der Waals surface area contributed by atoms with Gasteiger partial charge >= 0.3 is 6.03 Å². The number of urea groups is 1. The highest BCUT2D eigenvalue weighted by Crippen LogP contribution is 2.26. The molecular formula is C23H30N4O4S. The molecule has 0 aromatic heterocycles. The lowest BCUT2D eigenvalue weighted by atomic mass is 9.97. The molecule has 3 N–H and O–H groups in total. The first kappa shape index (κ1) is 23.6. The maximum absolute atomic E-state index is 12.9. The second kappa shape index (κ2) is 10.5. The van der Waals surface area contributed by atoms with Crippen LogP contribution in [0.5, 0.6) is 0 Å². The molecule has 0 aliphatic carbocycles. The Balaban J connectivity index is 1.64. The van der Waals surface area contributed by atoms with Gasteiger partial charge in [0.2, 0.25) is 15.9 Å². The molecule has 1 heterocycles. The van der Waals surface area contributed by atoms with Gasteiger partial charge in [-0.1, -0.05) is 31.2 Å². The number of hydrogen-bond acceptors (Lipinski definition) is 4. The second-order valence-electron chi connectivity index (χ2n) is 7.97. The monoisotopic (exact) mass is 458 g/mol. The molecule has 0 radical (unpaired) electrons. The summed E-state index contributed by atoms with van der Waals surface area (Å²) in [7, 11) is -3.43. The number of nitrogens with zero attached hydrogens (tertiary/aromatic N) is 1. The van der Waals surface area contributed by atoms with Crippen molar-refractivity contribution in [2.24, 2.45) is 5.92 Å². The van der Waals surface area contributed by atoms with Crippen LogP contribution < -0.4 is 15.4 Å². The number of nitrogens with one attached hydrogen (secondary N) is 3. The third-order valence-corrected chi connectivity index (χ3v) is 6.91. The van der Waals surface area contributed by atoms with Crippen molar-refractivity contribution >= 4 is 39.0 Å². The normalized spacial score (nSPS) is 16.3. The van der Waals surface area contributed by atoms with Crippen LogP contribution in [0, 0.1) is 12.8 Å². The van der Waals surface area contributed by atoms with Gasteiger partial charge in [0.05, 0.1) is 17.4 Å². The molecule has 8 nitrogen and oxygen atoms in total. The number of anilines is 3. The first-order valence-electron chi connectivity index (χ1n) is 10.8. The molecule has 1 unspecified atom stereocenters. The lowest BCUT2D eigenvalue weighted by molar-refractivity contribution is -0.121. The van der Waals surface area contributed by atoms with Crippen LogP contribution in [0.3, 0.4) is 0 Å². The molecule has 0 saturated carbocycles. The van der Waals surface area contributed by atoms with Gasteiger partial charge in [-0.05, 0) is 56.0 Å². The van der Waals surface area contributed by atoms with Crippen LogP contribution in [-0.2, 0) is 14.8 Å². The van der Waals surface area contributed by atoms with Crippen LogP contribution >= 0.6 is 0 Å². The number of piperidine rings is 1. The van der Waals surface area contributed by atoms with Gasteiger partial charge in [0.1, 0.15) is 0 Å². The van der Waals surface area contributed by atoms with E-state index in [1.807, 2.05) is 30.3 Å². The van der Waals surface area contributed by atoms with E-state index in [9.17, 15) is 18.0 Å². The van der Waals surface area contributed by atoms with Gasteiger partial charge in [0.15, 0.2) is 0 Å². The molecule has 2 aromatic rings. The van der Waals surface area contributed by atoms with E-state index < -0.39 is 10.0 Å². The first-order valence-corrected chi connectivity index (χ1v) is 12.5. The molecule has 32 heavy (non-hydrogen) atoms. The van der Waals surface area contributed by atoms with E-state index in [0.29, 0.717) is 48.6 Å². The van der Waals surface area contributed by atoms with Gasteiger partial charge in [-0.15, -0.1) is 0 Å². The number of benzene rings is 2. The summed E-state index contributed by atoms with van der Waals surface area (Å²) >= 11 is 0. The zero-order valence-electron chi connectivity index (χ0n) is 18.4. The largest absolute Gasteiger partial charge is 0.325 e. The molecule has 1 fully saturated rings. The molecule has 3 rings (SSSR count). The van der Waals surface area contributed by atoms with Crippen molar-refractivity contribution in [3.8, 4) is 0 Å². The maximum Gasteiger partial charge on any atom is 0.321 e. The average Bonchev–Trinajstić information content (AvgIpc) is 2.77. The van der Waals surface area contributed by atoms with E-state index in [2.05, 4.69) is 15.4 Å². The van der Waals surface area contributed by atoms with E-state index in [4.69, 9.17) is 0 Å². The molecule has 1 aliphatic rings. The Labute approximate surface area is 189 Å². The summed E-state index contributed by atoms with van der Waals surface area (Å²) in [5.41, 5.74) is 2.36. The van der Waals surface area contributed by atoms with Gasteiger partial charge in [0.25, 0.3) is 0 Å². The fraction of sp³-hybridized carbons (Fsp3) is 0.391. The number of sulfonamides is 1. The van der Waals surface area contributed by atoms with E-state index in [-0.39, 0.29) is 23.6 Å². The van der Waals surface area contributed by atoms with Crippen LogP contribution in [-0.4, -0.2) is 44.1 Å². The highest BCUT2D eigenvalue weighted by molar-refractivity contribution is 7.92. The summed E-state index contributed by atoms with van der Waals surface area (Å²) in [6.45, 7) is 4.48. The minimum atomic E-state index is -3.43. The molecule has 1 atom stereocenters. The second-order valence-corrected chi connectivity index (χ2v) is 9.81. The molecular weight excluding hydrogens is 428 g/mol. The smallest absolute Gasteiger partial charge is 0.321 e. The Morgan fingerprint density at radius 3 is 2.47 bits per heavy atom. The van der Waals surface area contributed by atoms with Crippen LogP contribution in [0.4, 0.5) is 21.9 Å². The number of likely N-dealkylation sites (tertiary alicyclic amines) is 1. The van der Waals surface area contributed by atoms with Gasteiger partial charge in [-0.2, -0.15) is 0 Å². The molecule has 1 saturated heterocycles. The van der Waals surface area contributed by atoms with Gasteiger partial charge in [-0.3, -0.25) is 9.52 Å². The molecule has 1 aliphatic heterocycles. The van der Waals surface area contributed by atoms with E-state index in [1.54, 1.807) is 36.9 Å². The Kier molecular flexibility index (Phi) is 7.74. The van der Waals surface area contributed by atoms with Crippen LogP contribution in [0.25, 0.3) is 0 Å². The van der Waals surface area contributed by atoms with E-state index >= 15 is 0 Å². The third-order valence-electron chi connectivity index (χ3n) is 5.43. The quantitative estimate of drug-likeness (QED) is 0.582. The summed E-state index contributed by atoms with van der Waals surface area (Å²) in [5.74, 6) is -0.490. The highest BCUT2D eigenvalue weighted by atomic mass is 32.2. The topological polar surface area (TPSA) is 108 Å². The third kappa shape index (κ3) is 6.23. The SMILES string of the molecule is CCCS(=O)(=O)Nc1cccc(NC(=O)C2CCCN(C(=O)Nc3ccccc3)C2)c1C.